The molecule has 0 aromatic heterocycles. The van der Waals surface area contributed by atoms with Crippen molar-refractivity contribution in [1.82, 2.24) is 4.90 Å². The molecule has 0 aromatic carbocycles. The summed E-state index contributed by atoms with van der Waals surface area (Å²) in [6.07, 6.45) is 2.68. The van der Waals surface area contributed by atoms with Crippen LogP contribution in [0.25, 0.3) is 0 Å². The van der Waals surface area contributed by atoms with Crippen molar-refractivity contribution in [2.75, 3.05) is 20.3 Å². The first-order chi connectivity index (χ1) is 8.84. The van der Waals surface area contributed by atoms with Crippen molar-refractivity contribution in [3.63, 3.8) is 0 Å². The maximum absolute atomic E-state index is 12.3. The van der Waals surface area contributed by atoms with Crippen molar-refractivity contribution >= 4 is 6.09 Å². The van der Waals surface area contributed by atoms with Crippen LogP contribution in [-0.2, 0) is 9.47 Å². The van der Waals surface area contributed by atoms with Crippen LogP contribution < -0.4 is 0 Å². The van der Waals surface area contributed by atoms with Crippen LogP contribution in [0.15, 0.2) is 0 Å². The van der Waals surface area contributed by atoms with Crippen molar-refractivity contribution in [3.05, 3.63) is 0 Å². The Kier molecular flexibility index (Phi) is 5.19. The van der Waals surface area contributed by atoms with E-state index in [4.69, 9.17) is 9.47 Å². The third kappa shape index (κ3) is 4.10. The average molecular weight is 268 g/mol. The highest BCUT2D eigenvalue weighted by Gasteiger charge is 2.43. The SMILES string of the molecule is COCCC1(C#N)CCCCN1C(=O)OC(C)(C)C. The average Bonchev–Trinajstić information content (AvgIpc) is 2.34. The molecule has 1 rings (SSSR count). The standard InChI is InChI=1S/C14H24N2O3/c1-13(2,3)19-12(17)16-9-6-5-7-14(16,11-15)8-10-18-4/h5-10H2,1-4H3. The monoisotopic (exact) mass is 268 g/mol. The van der Waals surface area contributed by atoms with Gasteiger partial charge < -0.3 is 9.47 Å². The summed E-state index contributed by atoms with van der Waals surface area (Å²) in [5.41, 5.74) is -1.33. The van der Waals surface area contributed by atoms with E-state index in [1.54, 1.807) is 12.0 Å². The fraction of sp³-hybridized carbons (Fsp3) is 0.857. The molecular formula is C14H24N2O3. The molecule has 0 bridgehead atoms. The number of piperidine rings is 1. The van der Waals surface area contributed by atoms with Gasteiger partial charge in [0, 0.05) is 26.7 Å². The molecule has 1 fully saturated rings. The van der Waals surface area contributed by atoms with E-state index in [0.29, 0.717) is 26.0 Å². The molecule has 1 unspecified atom stereocenters. The Bertz CT molecular complexity index is 357. The van der Waals surface area contributed by atoms with E-state index in [0.717, 1.165) is 12.8 Å². The summed E-state index contributed by atoms with van der Waals surface area (Å²) in [6, 6.07) is 2.31. The molecule has 108 valence electrons. The lowest BCUT2D eigenvalue weighted by molar-refractivity contribution is -0.00861. The van der Waals surface area contributed by atoms with Gasteiger partial charge in [-0.05, 0) is 40.0 Å². The molecular weight excluding hydrogens is 244 g/mol. The Balaban J connectivity index is 2.87. The number of rotatable bonds is 3. The van der Waals surface area contributed by atoms with Gasteiger partial charge in [-0.25, -0.2) is 4.79 Å². The van der Waals surface area contributed by atoms with Crippen LogP contribution in [0.5, 0.6) is 0 Å². The molecule has 1 aliphatic rings. The Morgan fingerprint density at radius 3 is 2.63 bits per heavy atom. The van der Waals surface area contributed by atoms with Crippen molar-refractivity contribution in [3.8, 4) is 6.07 Å². The highest BCUT2D eigenvalue weighted by molar-refractivity contribution is 5.70. The van der Waals surface area contributed by atoms with Gasteiger partial charge in [0.1, 0.15) is 11.1 Å². The molecule has 1 aliphatic heterocycles. The van der Waals surface area contributed by atoms with E-state index in [9.17, 15) is 10.1 Å². The van der Waals surface area contributed by atoms with Gasteiger partial charge in [0.25, 0.3) is 0 Å². The molecule has 0 N–H and O–H groups in total. The summed E-state index contributed by atoms with van der Waals surface area (Å²) in [7, 11) is 1.60. The van der Waals surface area contributed by atoms with Crippen molar-refractivity contribution < 1.29 is 14.3 Å². The van der Waals surface area contributed by atoms with Crippen LogP contribution in [0.1, 0.15) is 46.5 Å². The summed E-state index contributed by atoms with van der Waals surface area (Å²) in [4.78, 5) is 13.8. The van der Waals surface area contributed by atoms with Crippen LogP contribution in [-0.4, -0.2) is 42.4 Å². The van der Waals surface area contributed by atoms with Crippen LogP contribution in [0, 0.1) is 11.3 Å². The van der Waals surface area contributed by atoms with Gasteiger partial charge in [-0.1, -0.05) is 0 Å². The smallest absolute Gasteiger partial charge is 0.411 e. The molecule has 1 saturated heterocycles. The molecule has 0 radical (unpaired) electrons. The lowest BCUT2D eigenvalue weighted by Crippen LogP contribution is -2.55. The molecule has 19 heavy (non-hydrogen) atoms. The number of hydrogen-bond donors (Lipinski definition) is 0. The largest absolute Gasteiger partial charge is 0.444 e. The third-order valence-corrected chi connectivity index (χ3v) is 3.28. The molecule has 1 heterocycles. The Morgan fingerprint density at radius 1 is 1.42 bits per heavy atom. The molecule has 1 atom stereocenters. The first-order valence-corrected chi connectivity index (χ1v) is 6.75. The maximum Gasteiger partial charge on any atom is 0.411 e. The summed E-state index contributed by atoms with van der Waals surface area (Å²) >= 11 is 0. The minimum absolute atomic E-state index is 0.398. The Morgan fingerprint density at radius 2 is 2.11 bits per heavy atom. The van der Waals surface area contributed by atoms with E-state index >= 15 is 0 Å². The number of likely N-dealkylation sites (tertiary alicyclic amines) is 1. The lowest BCUT2D eigenvalue weighted by atomic mass is 9.85. The van der Waals surface area contributed by atoms with Crippen molar-refractivity contribution in [2.24, 2.45) is 0 Å². The van der Waals surface area contributed by atoms with E-state index in [1.165, 1.54) is 0 Å². The van der Waals surface area contributed by atoms with Gasteiger partial charge in [-0.2, -0.15) is 5.26 Å². The van der Waals surface area contributed by atoms with Gasteiger partial charge >= 0.3 is 6.09 Å². The molecule has 0 spiro atoms. The molecule has 0 aromatic rings. The zero-order valence-electron chi connectivity index (χ0n) is 12.4. The zero-order valence-corrected chi connectivity index (χ0v) is 12.4. The van der Waals surface area contributed by atoms with E-state index in [-0.39, 0.29) is 0 Å². The molecule has 5 heteroatoms. The zero-order chi connectivity index (χ0) is 14.5. The number of ether oxygens (including phenoxy) is 2. The van der Waals surface area contributed by atoms with Crippen molar-refractivity contribution in [1.29, 1.82) is 5.26 Å². The second kappa shape index (κ2) is 6.25. The highest BCUT2D eigenvalue weighted by atomic mass is 16.6. The maximum atomic E-state index is 12.3. The van der Waals surface area contributed by atoms with Crippen LogP contribution in [0.4, 0.5) is 4.79 Å². The fourth-order valence-corrected chi connectivity index (χ4v) is 2.32. The van der Waals surface area contributed by atoms with Gasteiger partial charge in [-0.15, -0.1) is 0 Å². The number of carbonyl (C=O) groups is 1. The van der Waals surface area contributed by atoms with Crippen LogP contribution in [0.2, 0.25) is 0 Å². The lowest BCUT2D eigenvalue weighted by Gasteiger charge is -2.42. The number of hydrogen-bond acceptors (Lipinski definition) is 4. The Labute approximate surface area is 115 Å². The summed E-state index contributed by atoms with van der Waals surface area (Å²) in [5.74, 6) is 0. The fourth-order valence-electron chi connectivity index (χ4n) is 2.32. The predicted molar refractivity (Wildman–Crippen MR) is 71.6 cm³/mol. The molecule has 0 aliphatic carbocycles. The predicted octanol–water partition coefficient (Wildman–Crippen LogP) is 2.71. The molecule has 0 saturated carbocycles. The second-order valence-electron chi connectivity index (χ2n) is 5.98. The minimum Gasteiger partial charge on any atom is -0.444 e. The number of nitrogens with zero attached hydrogens (tertiary/aromatic N) is 2. The summed E-state index contributed by atoms with van der Waals surface area (Å²) in [6.45, 7) is 6.53. The van der Waals surface area contributed by atoms with Gasteiger partial charge in [-0.3, -0.25) is 4.90 Å². The van der Waals surface area contributed by atoms with Gasteiger partial charge in [0.05, 0.1) is 6.07 Å². The number of methoxy groups -OCH3 is 1. The van der Waals surface area contributed by atoms with E-state index < -0.39 is 17.2 Å². The molecule has 1 amide bonds. The topological polar surface area (TPSA) is 62.6 Å². The van der Waals surface area contributed by atoms with E-state index in [2.05, 4.69) is 6.07 Å². The summed E-state index contributed by atoms with van der Waals surface area (Å²) < 4.78 is 10.5. The highest BCUT2D eigenvalue weighted by Crippen LogP contribution is 2.32. The summed E-state index contributed by atoms with van der Waals surface area (Å²) in [5, 5.41) is 9.53. The quantitative estimate of drug-likeness (QED) is 0.789. The second-order valence-corrected chi connectivity index (χ2v) is 5.98. The van der Waals surface area contributed by atoms with Gasteiger partial charge in [0.15, 0.2) is 0 Å². The number of nitriles is 1. The number of carbonyl (C=O) groups excluding carboxylic acids is 1. The van der Waals surface area contributed by atoms with E-state index in [1.807, 2.05) is 20.8 Å². The third-order valence-electron chi connectivity index (χ3n) is 3.28. The minimum atomic E-state index is -0.781. The Hall–Kier alpha value is -1.28. The van der Waals surface area contributed by atoms with Crippen molar-refractivity contribution in [2.45, 2.75) is 57.6 Å². The normalized spacial score (nSPS) is 23.8. The van der Waals surface area contributed by atoms with Gasteiger partial charge in [0.2, 0.25) is 0 Å². The number of amides is 1. The molecule has 5 nitrogen and oxygen atoms in total. The van der Waals surface area contributed by atoms with Crippen LogP contribution >= 0.6 is 0 Å². The van der Waals surface area contributed by atoms with Crippen LogP contribution in [0.3, 0.4) is 0 Å². The first kappa shape index (κ1) is 15.8. The first-order valence-electron chi connectivity index (χ1n) is 6.75.